The molecule has 0 amide bonds. The maximum Gasteiger partial charge on any atom is 0.124 e. The van der Waals surface area contributed by atoms with Crippen molar-refractivity contribution in [2.45, 2.75) is 38.1 Å². The summed E-state index contributed by atoms with van der Waals surface area (Å²) in [5.74, 6) is 2.34. The van der Waals surface area contributed by atoms with Gasteiger partial charge >= 0.3 is 0 Å². The number of halogens is 2. The van der Waals surface area contributed by atoms with Crippen molar-refractivity contribution in [1.29, 1.82) is 0 Å². The summed E-state index contributed by atoms with van der Waals surface area (Å²) in [5, 5.41) is 0.708. The Hall–Kier alpha value is -0.730. The standard InChI is InChI=1S/C14H16Cl2N2/c15-9-13-17-14-11(16)4-1-5-12(14)18(13)8-2-3-10-6-7-10/h1,4-5,10H,2-3,6-9H2. The normalized spacial score (nSPS) is 15.4. The average molecular weight is 283 g/mol. The average Bonchev–Trinajstić information content (AvgIpc) is 3.12. The van der Waals surface area contributed by atoms with E-state index < -0.39 is 0 Å². The van der Waals surface area contributed by atoms with Gasteiger partial charge in [-0.25, -0.2) is 4.98 Å². The lowest BCUT2D eigenvalue weighted by Crippen LogP contribution is -2.02. The lowest BCUT2D eigenvalue weighted by atomic mass is 10.2. The lowest BCUT2D eigenvalue weighted by molar-refractivity contribution is 0.576. The molecule has 2 aromatic rings. The summed E-state index contributed by atoms with van der Waals surface area (Å²) in [4.78, 5) is 4.54. The van der Waals surface area contributed by atoms with Crippen LogP contribution in [0.4, 0.5) is 0 Å². The zero-order valence-corrected chi connectivity index (χ0v) is 11.7. The number of aromatic nitrogens is 2. The number of aryl methyl sites for hydroxylation is 1. The van der Waals surface area contributed by atoms with Crippen LogP contribution >= 0.6 is 23.2 Å². The lowest BCUT2D eigenvalue weighted by Gasteiger charge is -2.07. The highest BCUT2D eigenvalue weighted by Gasteiger charge is 2.20. The Morgan fingerprint density at radius 2 is 2.17 bits per heavy atom. The van der Waals surface area contributed by atoms with Gasteiger partial charge in [-0.15, -0.1) is 11.6 Å². The van der Waals surface area contributed by atoms with E-state index in [1.165, 1.54) is 25.7 Å². The minimum atomic E-state index is 0.439. The molecule has 0 atom stereocenters. The molecule has 0 N–H and O–H groups in total. The Balaban J connectivity index is 1.89. The van der Waals surface area contributed by atoms with Crippen LogP contribution < -0.4 is 0 Å². The molecule has 96 valence electrons. The van der Waals surface area contributed by atoms with Crippen molar-refractivity contribution in [2.24, 2.45) is 5.92 Å². The molecule has 18 heavy (non-hydrogen) atoms. The van der Waals surface area contributed by atoms with Gasteiger partial charge in [0, 0.05) is 6.54 Å². The van der Waals surface area contributed by atoms with Gasteiger partial charge in [0.05, 0.1) is 16.4 Å². The summed E-state index contributed by atoms with van der Waals surface area (Å²) in [6.45, 7) is 0.995. The van der Waals surface area contributed by atoms with Crippen LogP contribution in [0.3, 0.4) is 0 Å². The van der Waals surface area contributed by atoms with Crippen molar-refractivity contribution in [3.63, 3.8) is 0 Å². The van der Waals surface area contributed by atoms with E-state index in [9.17, 15) is 0 Å². The predicted molar refractivity (Wildman–Crippen MR) is 76.3 cm³/mol. The molecule has 4 heteroatoms. The van der Waals surface area contributed by atoms with Gasteiger partial charge < -0.3 is 4.57 Å². The first-order valence-electron chi connectivity index (χ1n) is 6.49. The second-order valence-corrected chi connectivity index (χ2v) is 5.68. The molecule has 3 rings (SSSR count). The van der Waals surface area contributed by atoms with Gasteiger partial charge in [0.1, 0.15) is 11.3 Å². The summed E-state index contributed by atoms with van der Waals surface area (Å²) >= 11 is 12.2. The van der Waals surface area contributed by atoms with E-state index in [1.807, 2.05) is 12.1 Å². The smallest absolute Gasteiger partial charge is 0.124 e. The number of benzene rings is 1. The summed E-state index contributed by atoms with van der Waals surface area (Å²) in [7, 11) is 0. The molecule has 0 saturated heterocycles. The zero-order valence-electron chi connectivity index (χ0n) is 10.2. The Labute approximate surface area is 117 Å². The molecule has 1 heterocycles. The predicted octanol–water partition coefficient (Wildman–Crippen LogP) is 4.62. The van der Waals surface area contributed by atoms with Crippen LogP contribution in [0.2, 0.25) is 5.02 Å². The van der Waals surface area contributed by atoms with Crippen LogP contribution in [0.15, 0.2) is 18.2 Å². The number of hydrogen-bond acceptors (Lipinski definition) is 1. The number of hydrogen-bond donors (Lipinski definition) is 0. The number of nitrogens with zero attached hydrogens (tertiary/aromatic N) is 2. The van der Waals surface area contributed by atoms with Crippen molar-refractivity contribution in [1.82, 2.24) is 9.55 Å². The highest BCUT2D eigenvalue weighted by Crippen LogP contribution is 2.34. The van der Waals surface area contributed by atoms with Crippen molar-refractivity contribution < 1.29 is 0 Å². The molecular formula is C14H16Cl2N2. The molecule has 1 fully saturated rings. The molecule has 1 aliphatic rings. The fraction of sp³-hybridized carbons (Fsp3) is 0.500. The van der Waals surface area contributed by atoms with Crippen molar-refractivity contribution in [2.75, 3.05) is 0 Å². The number of rotatable bonds is 5. The highest BCUT2D eigenvalue weighted by molar-refractivity contribution is 6.34. The Kier molecular flexibility index (Phi) is 3.49. The maximum absolute atomic E-state index is 6.17. The molecule has 0 aliphatic heterocycles. The third-order valence-corrected chi connectivity index (χ3v) is 4.16. The van der Waals surface area contributed by atoms with E-state index in [-0.39, 0.29) is 0 Å². The molecule has 1 aliphatic carbocycles. The number of imidazole rings is 1. The van der Waals surface area contributed by atoms with Gasteiger partial charge in [-0.2, -0.15) is 0 Å². The van der Waals surface area contributed by atoms with Crippen LogP contribution in [-0.4, -0.2) is 9.55 Å². The van der Waals surface area contributed by atoms with Gasteiger partial charge in [-0.05, 0) is 30.9 Å². The molecule has 1 saturated carbocycles. The molecule has 1 aromatic heterocycles. The van der Waals surface area contributed by atoms with E-state index in [2.05, 4.69) is 15.6 Å². The van der Waals surface area contributed by atoms with Gasteiger partial charge in [0.15, 0.2) is 0 Å². The molecule has 0 radical (unpaired) electrons. The maximum atomic E-state index is 6.17. The first-order chi connectivity index (χ1) is 8.79. The fourth-order valence-electron chi connectivity index (χ4n) is 2.46. The van der Waals surface area contributed by atoms with Gasteiger partial charge in [0.2, 0.25) is 0 Å². The van der Waals surface area contributed by atoms with Gasteiger partial charge in [-0.1, -0.05) is 30.5 Å². The van der Waals surface area contributed by atoms with Crippen LogP contribution in [-0.2, 0) is 12.4 Å². The van der Waals surface area contributed by atoms with E-state index in [4.69, 9.17) is 23.2 Å². The SMILES string of the molecule is ClCc1nc2c(Cl)cccc2n1CCCC1CC1. The fourth-order valence-corrected chi connectivity index (χ4v) is 2.87. The van der Waals surface area contributed by atoms with E-state index in [0.29, 0.717) is 10.9 Å². The van der Waals surface area contributed by atoms with Crippen LogP contribution in [0.5, 0.6) is 0 Å². The van der Waals surface area contributed by atoms with E-state index >= 15 is 0 Å². The summed E-state index contributed by atoms with van der Waals surface area (Å²) in [6.07, 6.45) is 5.35. The number of fused-ring (bicyclic) bond motifs is 1. The first kappa shape index (κ1) is 12.3. The molecule has 0 bridgehead atoms. The number of alkyl halides is 1. The largest absolute Gasteiger partial charge is 0.327 e. The quantitative estimate of drug-likeness (QED) is 0.732. The van der Waals surface area contributed by atoms with Crippen molar-refractivity contribution in [3.05, 3.63) is 29.0 Å². The minimum Gasteiger partial charge on any atom is -0.327 e. The molecule has 2 nitrogen and oxygen atoms in total. The minimum absolute atomic E-state index is 0.439. The number of para-hydroxylation sites is 1. The summed E-state index contributed by atoms with van der Waals surface area (Å²) < 4.78 is 2.22. The first-order valence-corrected chi connectivity index (χ1v) is 7.40. The van der Waals surface area contributed by atoms with Crippen molar-refractivity contribution >= 4 is 34.2 Å². The van der Waals surface area contributed by atoms with E-state index in [1.54, 1.807) is 0 Å². The summed E-state index contributed by atoms with van der Waals surface area (Å²) in [5.41, 5.74) is 1.98. The Morgan fingerprint density at radius 3 is 2.89 bits per heavy atom. The van der Waals surface area contributed by atoms with Crippen molar-refractivity contribution in [3.8, 4) is 0 Å². The Morgan fingerprint density at radius 1 is 1.33 bits per heavy atom. The monoisotopic (exact) mass is 282 g/mol. The molecule has 1 aromatic carbocycles. The van der Waals surface area contributed by atoms with E-state index in [0.717, 1.165) is 29.3 Å². The van der Waals surface area contributed by atoms with Crippen LogP contribution in [0, 0.1) is 5.92 Å². The zero-order chi connectivity index (χ0) is 12.5. The molecular weight excluding hydrogens is 267 g/mol. The third-order valence-electron chi connectivity index (χ3n) is 3.62. The molecule has 0 spiro atoms. The second-order valence-electron chi connectivity index (χ2n) is 5.01. The topological polar surface area (TPSA) is 17.8 Å². The van der Waals surface area contributed by atoms with Crippen LogP contribution in [0.1, 0.15) is 31.5 Å². The van der Waals surface area contributed by atoms with Gasteiger partial charge in [-0.3, -0.25) is 0 Å². The van der Waals surface area contributed by atoms with Gasteiger partial charge in [0.25, 0.3) is 0 Å². The summed E-state index contributed by atoms with van der Waals surface area (Å²) in [6, 6.07) is 5.92. The third kappa shape index (κ3) is 2.36. The Bertz CT molecular complexity index is 558. The molecule has 0 unspecified atom stereocenters. The second kappa shape index (κ2) is 5.10. The van der Waals surface area contributed by atoms with Crippen LogP contribution in [0.25, 0.3) is 11.0 Å². The highest BCUT2D eigenvalue weighted by atomic mass is 35.5.